The molecular formula is C24H23FN4O2S. The summed E-state index contributed by atoms with van der Waals surface area (Å²) in [6.07, 6.45) is 1.46. The first-order valence-corrected chi connectivity index (χ1v) is 11.0. The van der Waals surface area contributed by atoms with E-state index in [1.165, 1.54) is 34.0 Å². The third-order valence-corrected chi connectivity index (χ3v) is 6.07. The van der Waals surface area contributed by atoms with Crippen molar-refractivity contribution < 1.29 is 13.9 Å². The van der Waals surface area contributed by atoms with Gasteiger partial charge < -0.3 is 4.74 Å². The Balaban J connectivity index is 1.36. The summed E-state index contributed by atoms with van der Waals surface area (Å²) in [5.41, 5.74) is 4.86. The van der Waals surface area contributed by atoms with E-state index in [9.17, 15) is 9.18 Å². The molecule has 4 aromatic rings. The molecule has 0 aliphatic rings. The topological polar surface area (TPSA) is 69.0 Å². The third kappa shape index (κ3) is 5.03. The van der Waals surface area contributed by atoms with Crippen molar-refractivity contribution in [2.24, 2.45) is 0 Å². The van der Waals surface area contributed by atoms with Crippen LogP contribution in [0.25, 0.3) is 0 Å². The zero-order valence-corrected chi connectivity index (χ0v) is 18.9. The lowest BCUT2D eigenvalue weighted by Gasteiger charge is -2.11. The average molecular weight is 451 g/mol. The molecule has 164 valence electrons. The second-order valence-corrected chi connectivity index (χ2v) is 8.54. The number of benzene rings is 2. The van der Waals surface area contributed by atoms with Crippen LogP contribution in [0, 0.1) is 26.6 Å². The van der Waals surface area contributed by atoms with Gasteiger partial charge in [-0.1, -0.05) is 24.3 Å². The van der Waals surface area contributed by atoms with Crippen LogP contribution >= 0.6 is 11.3 Å². The minimum absolute atomic E-state index is 0.170. The number of anilines is 1. The fraction of sp³-hybridized carbons (Fsp3) is 0.208. The van der Waals surface area contributed by atoms with Crippen molar-refractivity contribution in [3.8, 4) is 5.75 Å². The Labute approximate surface area is 189 Å². The van der Waals surface area contributed by atoms with E-state index in [4.69, 9.17) is 4.74 Å². The van der Waals surface area contributed by atoms with E-state index in [0.29, 0.717) is 17.0 Å². The van der Waals surface area contributed by atoms with Gasteiger partial charge in [0.25, 0.3) is 5.91 Å². The predicted octanol–water partition coefficient (Wildman–Crippen LogP) is 5.28. The number of carbonyl (C=O) groups is 1. The summed E-state index contributed by atoms with van der Waals surface area (Å²) < 4.78 is 21.3. The molecule has 0 atom stereocenters. The maximum atomic E-state index is 13.8. The number of rotatable bonds is 7. The van der Waals surface area contributed by atoms with E-state index in [0.717, 1.165) is 22.4 Å². The van der Waals surface area contributed by atoms with Crippen molar-refractivity contribution in [1.82, 2.24) is 14.8 Å². The number of hydrogen-bond acceptors (Lipinski definition) is 5. The molecule has 2 aromatic carbocycles. The quantitative estimate of drug-likeness (QED) is 0.416. The smallest absolute Gasteiger partial charge is 0.268 e. The van der Waals surface area contributed by atoms with Crippen LogP contribution in [-0.4, -0.2) is 20.7 Å². The lowest BCUT2D eigenvalue weighted by Crippen LogP contribution is -2.12. The summed E-state index contributed by atoms with van der Waals surface area (Å²) in [6, 6.07) is 12.4. The van der Waals surface area contributed by atoms with Crippen LogP contribution in [0.1, 0.15) is 37.5 Å². The van der Waals surface area contributed by atoms with Crippen LogP contribution in [0.15, 0.2) is 54.2 Å². The average Bonchev–Trinajstić information content (AvgIpc) is 3.41. The van der Waals surface area contributed by atoms with Crippen LogP contribution in [-0.2, 0) is 13.2 Å². The van der Waals surface area contributed by atoms with Gasteiger partial charge in [0, 0.05) is 11.1 Å². The standard InChI is InChI=1S/C24H23FN4O2S/c1-15-8-16(2)17(3)21(9-15)31-12-18-10-22(32-13-18)23(30)27-24-26-14-29(28-24)11-19-6-4-5-7-20(19)25/h4-10,13-14H,11-12H2,1-3H3,(H,27,28,30). The highest BCUT2D eigenvalue weighted by atomic mass is 32.1. The number of aryl methyl sites for hydroxylation is 2. The molecule has 4 rings (SSSR count). The van der Waals surface area contributed by atoms with Crippen molar-refractivity contribution in [3.05, 3.63) is 92.7 Å². The molecule has 32 heavy (non-hydrogen) atoms. The van der Waals surface area contributed by atoms with E-state index in [-0.39, 0.29) is 24.2 Å². The van der Waals surface area contributed by atoms with Crippen LogP contribution in [0.4, 0.5) is 10.3 Å². The number of ether oxygens (including phenoxy) is 1. The highest BCUT2D eigenvalue weighted by molar-refractivity contribution is 7.12. The zero-order chi connectivity index (χ0) is 22.7. The van der Waals surface area contributed by atoms with Gasteiger partial charge in [0.2, 0.25) is 5.95 Å². The molecule has 2 aromatic heterocycles. The fourth-order valence-electron chi connectivity index (χ4n) is 3.27. The number of hydrogen-bond donors (Lipinski definition) is 1. The maximum Gasteiger partial charge on any atom is 0.268 e. The molecule has 0 aliphatic carbocycles. The summed E-state index contributed by atoms with van der Waals surface area (Å²) in [5, 5.41) is 8.79. The van der Waals surface area contributed by atoms with Crippen LogP contribution in [0.3, 0.4) is 0 Å². The first-order chi connectivity index (χ1) is 15.4. The molecule has 0 spiro atoms. The summed E-state index contributed by atoms with van der Waals surface area (Å²) in [6.45, 7) is 6.75. The summed E-state index contributed by atoms with van der Waals surface area (Å²) >= 11 is 1.33. The molecule has 0 unspecified atom stereocenters. The Morgan fingerprint density at radius 3 is 2.81 bits per heavy atom. The number of thiophene rings is 1. The van der Waals surface area contributed by atoms with E-state index in [1.54, 1.807) is 24.3 Å². The molecular weight excluding hydrogens is 427 g/mol. The number of halogens is 1. The molecule has 6 nitrogen and oxygen atoms in total. The highest BCUT2D eigenvalue weighted by Gasteiger charge is 2.13. The van der Waals surface area contributed by atoms with Gasteiger partial charge in [0.05, 0.1) is 11.4 Å². The van der Waals surface area contributed by atoms with Crippen LogP contribution in [0.2, 0.25) is 0 Å². The Kier molecular flexibility index (Phi) is 6.32. The summed E-state index contributed by atoms with van der Waals surface area (Å²) in [4.78, 5) is 17.2. The van der Waals surface area contributed by atoms with Crippen molar-refractivity contribution >= 4 is 23.2 Å². The van der Waals surface area contributed by atoms with Gasteiger partial charge in [-0.2, -0.15) is 0 Å². The fourth-order valence-corrected chi connectivity index (χ4v) is 4.07. The highest BCUT2D eigenvalue weighted by Crippen LogP contribution is 2.25. The zero-order valence-electron chi connectivity index (χ0n) is 18.1. The lowest BCUT2D eigenvalue weighted by atomic mass is 10.1. The van der Waals surface area contributed by atoms with E-state index in [2.05, 4.69) is 28.4 Å². The lowest BCUT2D eigenvalue weighted by molar-refractivity contribution is 0.102. The van der Waals surface area contributed by atoms with Gasteiger partial charge in [0.15, 0.2) is 0 Å². The Morgan fingerprint density at radius 1 is 1.19 bits per heavy atom. The van der Waals surface area contributed by atoms with Gasteiger partial charge >= 0.3 is 0 Å². The normalized spacial score (nSPS) is 10.9. The van der Waals surface area contributed by atoms with Crippen LogP contribution < -0.4 is 10.1 Å². The number of carbonyl (C=O) groups excluding carboxylic acids is 1. The predicted molar refractivity (Wildman–Crippen MR) is 123 cm³/mol. The van der Waals surface area contributed by atoms with Gasteiger partial charge in [-0.05, 0) is 61.0 Å². The van der Waals surface area contributed by atoms with Crippen molar-refractivity contribution in [2.75, 3.05) is 5.32 Å². The molecule has 1 N–H and O–H groups in total. The van der Waals surface area contributed by atoms with E-state index in [1.807, 2.05) is 25.3 Å². The minimum atomic E-state index is -0.307. The molecule has 0 radical (unpaired) electrons. The number of aromatic nitrogens is 3. The second kappa shape index (κ2) is 9.32. The molecule has 2 heterocycles. The Hall–Kier alpha value is -3.52. The van der Waals surface area contributed by atoms with Gasteiger partial charge in [-0.25, -0.2) is 14.1 Å². The SMILES string of the molecule is Cc1cc(C)c(C)c(OCc2csc(C(=O)Nc3ncn(Cc4ccccc4F)n3)c2)c1. The van der Waals surface area contributed by atoms with Crippen molar-refractivity contribution in [1.29, 1.82) is 0 Å². The largest absolute Gasteiger partial charge is 0.489 e. The van der Waals surface area contributed by atoms with Crippen molar-refractivity contribution in [3.63, 3.8) is 0 Å². The Morgan fingerprint density at radius 2 is 2.00 bits per heavy atom. The molecule has 0 fully saturated rings. The molecule has 8 heteroatoms. The van der Waals surface area contributed by atoms with E-state index < -0.39 is 0 Å². The summed E-state index contributed by atoms with van der Waals surface area (Å²) in [7, 11) is 0. The number of nitrogens with zero attached hydrogens (tertiary/aromatic N) is 3. The monoisotopic (exact) mass is 450 g/mol. The number of nitrogens with one attached hydrogen (secondary N) is 1. The molecule has 0 aliphatic heterocycles. The summed E-state index contributed by atoms with van der Waals surface area (Å²) in [5.74, 6) is 0.415. The van der Waals surface area contributed by atoms with Gasteiger partial charge in [0.1, 0.15) is 24.5 Å². The molecule has 1 amide bonds. The van der Waals surface area contributed by atoms with Gasteiger partial charge in [-0.15, -0.1) is 16.4 Å². The van der Waals surface area contributed by atoms with Crippen LogP contribution in [0.5, 0.6) is 5.75 Å². The molecule has 0 bridgehead atoms. The molecule has 0 saturated heterocycles. The van der Waals surface area contributed by atoms with Gasteiger partial charge in [-0.3, -0.25) is 10.1 Å². The minimum Gasteiger partial charge on any atom is -0.489 e. The first kappa shape index (κ1) is 21.7. The number of amides is 1. The van der Waals surface area contributed by atoms with E-state index >= 15 is 0 Å². The first-order valence-electron chi connectivity index (χ1n) is 10.1. The maximum absolute atomic E-state index is 13.8. The molecule has 0 saturated carbocycles. The van der Waals surface area contributed by atoms with Crippen molar-refractivity contribution in [2.45, 2.75) is 33.9 Å². The third-order valence-electron chi connectivity index (χ3n) is 5.09. The second-order valence-electron chi connectivity index (χ2n) is 7.62. The Bertz CT molecular complexity index is 1260.